The third kappa shape index (κ3) is 3.24. The Balaban J connectivity index is 1.13. The number of allylic oxidation sites excluding steroid dienone is 1. The van der Waals surface area contributed by atoms with Crippen LogP contribution in [-0.4, -0.2) is 33.6 Å². The van der Waals surface area contributed by atoms with E-state index in [-0.39, 0.29) is 11.7 Å². The van der Waals surface area contributed by atoms with Crippen LogP contribution in [0.4, 0.5) is 0 Å². The SMILES string of the molecule is C=C1C[C@]2(CC[C@@H]([C@@H]3CC[C@@H]4CC[C@@H](O)C[C@]4(O)C3)C2)[C@@H]2O[C@@]23CCC[C@@H](C3)[C@@H]2[C@@H]1CC2(C)C. The number of ether oxygens (including phenoxy) is 1. The molecule has 190 valence electrons. The predicted molar refractivity (Wildman–Crippen MR) is 134 cm³/mol. The summed E-state index contributed by atoms with van der Waals surface area (Å²) in [6.45, 7) is 9.80. The minimum absolute atomic E-state index is 0.183. The van der Waals surface area contributed by atoms with Crippen LogP contribution in [0.25, 0.3) is 0 Å². The summed E-state index contributed by atoms with van der Waals surface area (Å²) in [4.78, 5) is 0. The fourth-order valence-corrected chi connectivity index (χ4v) is 11.5. The Morgan fingerprint density at radius 2 is 1.65 bits per heavy atom. The number of hydrogen-bond acceptors (Lipinski definition) is 3. The number of epoxide rings is 1. The zero-order valence-corrected chi connectivity index (χ0v) is 21.7. The van der Waals surface area contributed by atoms with E-state index in [1.165, 1.54) is 64.2 Å². The maximum Gasteiger partial charge on any atom is 0.0957 e. The third-order valence-corrected chi connectivity index (χ3v) is 12.9. The fraction of sp³-hybridized carbons (Fsp3) is 0.935. The van der Waals surface area contributed by atoms with Crippen molar-refractivity contribution < 1.29 is 14.9 Å². The molecule has 1 aliphatic heterocycles. The van der Waals surface area contributed by atoms with Gasteiger partial charge in [-0.2, -0.15) is 0 Å². The van der Waals surface area contributed by atoms with Crippen LogP contribution >= 0.6 is 0 Å². The van der Waals surface area contributed by atoms with Gasteiger partial charge >= 0.3 is 0 Å². The summed E-state index contributed by atoms with van der Waals surface area (Å²) in [5.41, 5.74) is 1.89. The molecule has 11 atom stereocenters. The van der Waals surface area contributed by atoms with Crippen molar-refractivity contribution in [3.8, 4) is 0 Å². The summed E-state index contributed by atoms with van der Waals surface area (Å²) in [5, 5.41) is 21.9. The van der Waals surface area contributed by atoms with Crippen molar-refractivity contribution >= 4 is 0 Å². The van der Waals surface area contributed by atoms with Crippen molar-refractivity contribution in [1.29, 1.82) is 0 Å². The molecular formula is C31H48O3. The molecular weight excluding hydrogens is 420 g/mol. The highest BCUT2D eigenvalue weighted by Crippen LogP contribution is 2.70. The average Bonchev–Trinajstić information content (AvgIpc) is 3.28. The minimum atomic E-state index is -0.614. The number of fused-ring (bicyclic) bond motifs is 5. The van der Waals surface area contributed by atoms with Crippen LogP contribution in [0, 0.1) is 46.3 Å². The van der Waals surface area contributed by atoms with Gasteiger partial charge in [-0.1, -0.05) is 32.4 Å². The van der Waals surface area contributed by atoms with Crippen LogP contribution < -0.4 is 0 Å². The molecule has 1 saturated heterocycles. The molecule has 0 aromatic carbocycles. The van der Waals surface area contributed by atoms with Gasteiger partial charge in [-0.15, -0.1) is 0 Å². The second-order valence-electron chi connectivity index (χ2n) is 15.2. The van der Waals surface area contributed by atoms with Crippen LogP contribution in [-0.2, 0) is 4.74 Å². The standard InChI is InChI=1S/C31H48O3/c1-19-13-29(27-31(34-27)11-4-5-22(16-31)26-25(19)18-28(26,2)3)12-10-21(14-29)20-6-7-23-8-9-24(32)17-30(23,33)15-20/h20-27,32-33H,1,4-18H2,2-3H3/t20-,21-,22+,23-,24-,25-,26-,27+,29+,30-,31-/m1/s1. The second-order valence-corrected chi connectivity index (χ2v) is 15.2. The van der Waals surface area contributed by atoms with E-state index < -0.39 is 5.60 Å². The Kier molecular flexibility index (Phi) is 4.93. The van der Waals surface area contributed by atoms with Gasteiger partial charge in [0.2, 0.25) is 0 Å². The molecule has 7 aliphatic rings. The Labute approximate surface area is 207 Å². The lowest BCUT2D eigenvalue weighted by Crippen LogP contribution is -2.50. The summed E-state index contributed by atoms with van der Waals surface area (Å²) in [6.07, 6.45) is 17.8. The summed E-state index contributed by atoms with van der Waals surface area (Å²) >= 11 is 0. The molecule has 0 radical (unpaired) electrons. The highest BCUT2D eigenvalue weighted by molar-refractivity contribution is 5.25. The molecule has 0 unspecified atom stereocenters. The Hall–Kier alpha value is -0.380. The smallest absolute Gasteiger partial charge is 0.0957 e. The van der Waals surface area contributed by atoms with Crippen molar-refractivity contribution in [2.24, 2.45) is 46.3 Å². The predicted octanol–water partition coefficient (Wildman–Crippen LogP) is 6.42. The third-order valence-electron chi connectivity index (χ3n) is 12.9. The first kappa shape index (κ1) is 22.8. The number of hydrogen-bond donors (Lipinski definition) is 2. The van der Waals surface area contributed by atoms with E-state index in [4.69, 9.17) is 11.3 Å². The van der Waals surface area contributed by atoms with Crippen molar-refractivity contribution in [2.45, 2.75) is 134 Å². The lowest BCUT2D eigenvalue weighted by molar-refractivity contribution is -0.127. The van der Waals surface area contributed by atoms with Crippen molar-refractivity contribution in [1.82, 2.24) is 0 Å². The van der Waals surface area contributed by atoms with Gasteiger partial charge in [-0.25, -0.2) is 0 Å². The van der Waals surface area contributed by atoms with E-state index in [1.54, 1.807) is 5.57 Å². The fourth-order valence-electron chi connectivity index (χ4n) is 11.5. The van der Waals surface area contributed by atoms with Gasteiger partial charge in [-0.3, -0.25) is 0 Å². The highest BCUT2D eigenvalue weighted by atomic mass is 16.6. The summed E-state index contributed by atoms with van der Waals surface area (Å²) in [7, 11) is 0. The van der Waals surface area contributed by atoms with Gasteiger partial charge in [0.25, 0.3) is 0 Å². The first-order valence-electron chi connectivity index (χ1n) is 14.9. The quantitative estimate of drug-likeness (QED) is 0.345. The number of aliphatic hydroxyl groups is 2. The molecule has 1 heterocycles. The van der Waals surface area contributed by atoms with Gasteiger partial charge in [0.1, 0.15) is 0 Å². The molecule has 3 heteroatoms. The van der Waals surface area contributed by atoms with Crippen molar-refractivity contribution in [2.75, 3.05) is 0 Å². The molecule has 7 fully saturated rings. The summed E-state index contributed by atoms with van der Waals surface area (Å²) < 4.78 is 6.85. The number of rotatable bonds is 1. The molecule has 6 saturated carbocycles. The minimum Gasteiger partial charge on any atom is -0.393 e. The molecule has 2 N–H and O–H groups in total. The van der Waals surface area contributed by atoms with E-state index >= 15 is 0 Å². The molecule has 0 aromatic heterocycles. The van der Waals surface area contributed by atoms with E-state index in [0.29, 0.717) is 41.1 Å². The number of aliphatic hydroxyl groups excluding tert-OH is 1. The Morgan fingerprint density at radius 1 is 0.853 bits per heavy atom. The second kappa shape index (κ2) is 7.35. The molecule has 6 aliphatic carbocycles. The first-order chi connectivity index (χ1) is 16.1. The monoisotopic (exact) mass is 468 g/mol. The van der Waals surface area contributed by atoms with Gasteiger partial charge in [-0.05, 0) is 124 Å². The van der Waals surface area contributed by atoms with E-state index in [0.717, 1.165) is 43.4 Å². The van der Waals surface area contributed by atoms with Crippen LogP contribution in [0.1, 0.15) is 110 Å². The van der Waals surface area contributed by atoms with Crippen LogP contribution in [0.15, 0.2) is 12.2 Å². The Bertz CT molecular complexity index is 865. The summed E-state index contributed by atoms with van der Waals surface area (Å²) in [6, 6.07) is 0. The zero-order chi connectivity index (χ0) is 23.5. The van der Waals surface area contributed by atoms with Crippen LogP contribution in [0.2, 0.25) is 0 Å². The van der Waals surface area contributed by atoms with E-state index in [2.05, 4.69) is 13.8 Å². The van der Waals surface area contributed by atoms with Gasteiger partial charge in [0.05, 0.1) is 23.4 Å². The molecule has 0 aromatic rings. The van der Waals surface area contributed by atoms with E-state index in [1.807, 2.05) is 0 Å². The van der Waals surface area contributed by atoms with Crippen LogP contribution in [0.3, 0.4) is 0 Å². The average molecular weight is 469 g/mol. The molecule has 0 amide bonds. The molecule has 3 nitrogen and oxygen atoms in total. The normalized spacial score (nSPS) is 57.9. The summed E-state index contributed by atoms with van der Waals surface area (Å²) in [5.74, 6) is 4.14. The van der Waals surface area contributed by atoms with E-state index in [9.17, 15) is 10.2 Å². The van der Waals surface area contributed by atoms with Gasteiger partial charge in [0, 0.05) is 11.8 Å². The maximum atomic E-state index is 11.6. The Morgan fingerprint density at radius 3 is 2.47 bits per heavy atom. The first-order valence-corrected chi connectivity index (χ1v) is 14.9. The van der Waals surface area contributed by atoms with Crippen LogP contribution in [0.5, 0.6) is 0 Å². The molecule has 7 rings (SSSR count). The zero-order valence-electron chi connectivity index (χ0n) is 21.7. The van der Waals surface area contributed by atoms with Gasteiger partial charge in [0.15, 0.2) is 0 Å². The van der Waals surface area contributed by atoms with Gasteiger partial charge < -0.3 is 14.9 Å². The topological polar surface area (TPSA) is 53.0 Å². The highest BCUT2D eigenvalue weighted by Gasteiger charge is 2.70. The van der Waals surface area contributed by atoms with Crippen molar-refractivity contribution in [3.63, 3.8) is 0 Å². The maximum absolute atomic E-state index is 11.6. The molecule has 34 heavy (non-hydrogen) atoms. The molecule has 2 bridgehead atoms. The molecule has 2 spiro atoms. The largest absolute Gasteiger partial charge is 0.393 e. The lowest BCUT2D eigenvalue weighted by Gasteiger charge is -2.57. The van der Waals surface area contributed by atoms with Crippen molar-refractivity contribution in [3.05, 3.63) is 12.2 Å². The lowest BCUT2D eigenvalue weighted by atomic mass is 9.48.